The molecule has 74 valence electrons. The summed E-state index contributed by atoms with van der Waals surface area (Å²) in [7, 11) is 0. The summed E-state index contributed by atoms with van der Waals surface area (Å²) in [5, 5.41) is 0. The quantitative estimate of drug-likeness (QED) is 0.712. The third-order valence-electron chi connectivity index (χ3n) is 2.73. The number of aryl methyl sites for hydroxylation is 1. The van der Waals surface area contributed by atoms with Gasteiger partial charge in [0.25, 0.3) is 0 Å². The highest BCUT2D eigenvalue weighted by atomic mass is 16.5. The summed E-state index contributed by atoms with van der Waals surface area (Å²) >= 11 is 0. The van der Waals surface area contributed by atoms with Crippen molar-refractivity contribution >= 4 is 5.78 Å². The largest absolute Gasteiger partial charge is 0.373 e. The number of hydrogen-bond donors (Lipinski definition) is 0. The van der Waals surface area contributed by atoms with Crippen LogP contribution < -0.4 is 0 Å². The van der Waals surface area contributed by atoms with Gasteiger partial charge in [-0.15, -0.1) is 0 Å². The fourth-order valence-electron chi connectivity index (χ4n) is 1.93. The van der Waals surface area contributed by atoms with Crippen molar-refractivity contribution < 1.29 is 9.53 Å². The molecule has 0 unspecified atom stereocenters. The summed E-state index contributed by atoms with van der Waals surface area (Å²) in [5.41, 5.74) is 2.41. The zero-order chi connectivity index (χ0) is 9.97. The standard InChI is InChI=1S/C12H14O2/c1-2-9-5-3-4-6-10(9)11-7-14-8-12(11)13/h3-6,11H,2,7-8H2,1H3/t11-/m0/s1. The minimum atomic E-state index is -0.0221. The first-order valence-electron chi connectivity index (χ1n) is 5.01. The minimum Gasteiger partial charge on any atom is -0.373 e. The molecule has 0 N–H and O–H groups in total. The first kappa shape index (κ1) is 9.41. The van der Waals surface area contributed by atoms with E-state index in [1.165, 1.54) is 5.56 Å². The smallest absolute Gasteiger partial charge is 0.168 e. The molecule has 1 aliphatic rings. The molecule has 0 aliphatic carbocycles. The maximum Gasteiger partial charge on any atom is 0.168 e. The first-order valence-corrected chi connectivity index (χ1v) is 5.01. The molecule has 2 heteroatoms. The topological polar surface area (TPSA) is 26.3 Å². The van der Waals surface area contributed by atoms with Crippen LogP contribution in [0, 0.1) is 0 Å². The van der Waals surface area contributed by atoms with Crippen molar-refractivity contribution in [2.24, 2.45) is 0 Å². The average Bonchev–Trinajstić information content (AvgIpc) is 2.64. The van der Waals surface area contributed by atoms with Crippen LogP contribution in [-0.2, 0) is 16.0 Å². The third-order valence-corrected chi connectivity index (χ3v) is 2.73. The van der Waals surface area contributed by atoms with E-state index in [0.717, 1.165) is 12.0 Å². The molecule has 1 atom stereocenters. The van der Waals surface area contributed by atoms with Crippen LogP contribution in [0.3, 0.4) is 0 Å². The van der Waals surface area contributed by atoms with Gasteiger partial charge in [0, 0.05) is 0 Å². The zero-order valence-electron chi connectivity index (χ0n) is 8.32. The molecule has 0 bridgehead atoms. The Kier molecular flexibility index (Phi) is 2.64. The van der Waals surface area contributed by atoms with E-state index >= 15 is 0 Å². The molecule has 1 fully saturated rings. The van der Waals surface area contributed by atoms with Crippen LogP contribution in [0.25, 0.3) is 0 Å². The Morgan fingerprint density at radius 2 is 2.21 bits per heavy atom. The van der Waals surface area contributed by atoms with Crippen molar-refractivity contribution in [1.29, 1.82) is 0 Å². The van der Waals surface area contributed by atoms with E-state index in [1.807, 2.05) is 18.2 Å². The molecule has 1 heterocycles. The minimum absolute atomic E-state index is 0.0221. The molecule has 1 aromatic carbocycles. The summed E-state index contributed by atoms with van der Waals surface area (Å²) in [6, 6.07) is 8.12. The van der Waals surface area contributed by atoms with E-state index < -0.39 is 0 Å². The lowest BCUT2D eigenvalue weighted by molar-refractivity contribution is -0.118. The van der Waals surface area contributed by atoms with Crippen molar-refractivity contribution in [1.82, 2.24) is 0 Å². The Balaban J connectivity index is 2.35. The highest BCUT2D eigenvalue weighted by Gasteiger charge is 2.27. The number of hydrogen-bond acceptors (Lipinski definition) is 2. The lowest BCUT2D eigenvalue weighted by Crippen LogP contribution is -2.11. The molecule has 2 rings (SSSR count). The molecule has 0 amide bonds. The molecule has 2 nitrogen and oxygen atoms in total. The first-order chi connectivity index (χ1) is 6.83. The number of benzene rings is 1. The van der Waals surface area contributed by atoms with Gasteiger partial charge in [0.2, 0.25) is 0 Å². The molecule has 0 aromatic heterocycles. The normalized spacial score (nSPS) is 21.5. The summed E-state index contributed by atoms with van der Waals surface area (Å²) in [5.74, 6) is 0.192. The predicted molar refractivity (Wildman–Crippen MR) is 54.4 cm³/mol. The molecule has 1 aromatic rings. The zero-order valence-corrected chi connectivity index (χ0v) is 8.32. The number of Topliss-reactive ketones (excluding diaryl/α,β-unsaturated/α-hetero) is 1. The van der Waals surface area contributed by atoms with Crippen LogP contribution in [-0.4, -0.2) is 19.0 Å². The molecule has 0 radical (unpaired) electrons. The SMILES string of the molecule is CCc1ccccc1[C@@H]1COCC1=O. The number of ether oxygens (including phenoxy) is 1. The fourth-order valence-corrected chi connectivity index (χ4v) is 1.93. The van der Waals surface area contributed by atoms with Crippen molar-refractivity contribution in [3.8, 4) is 0 Å². The highest BCUT2D eigenvalue weighted by Crippen LogP contribution is 2.25. The Hall–Kier alpha value is -1.15. The van der Waals surface area contributed by atoms with Crippen LogP contribution in [0.2, 0.25) is 0 Å². The van der Waals surface area contributed by atoms with Gasteiger partial charge in [0.1, 0.15) is 6.61 Å². The molecule has 1 saturated heterocycles. The molecule has 1 aliphatic heterocycles. The van der Waals surface area contributed by atoms with Gasteiger partial charge in [-0.05, 0) is 17.5 Å². The van der Waals surface area contributed by atoms with Gasteiger partial charge >= 0.3 is 0 Å². The van der Waals surface area contributed by atoms with Crippen molar-refractivity contribution in [3.63, 3.8) is 0 Å². The Bertz CT molecular complexity index is 344. The van der Waals surface area contributed by atoms with E-state index in [-0.39, 0.29) is 18.3 Å². The number of carbonyl (C=O) groups is 1. The molecule has 14 heavy (non-hydrogen) atoms. The van der Waals surface area contributed by atoms with Gasteiger partial charge in [0.15, 0.2) is 5.78 Å². The van der Waals surface area contributed by atoms with Crippen LogP contribution in [0.5, 0.6) is 0 Å². The number of rotatable bonds is 2. The summed E-state index contributed by atoms with van der Waals surface area (Å²) in [4.78, 5) is 11.5. The Labute approximate surface area is 83.9 Å². The average molecular weight is 190 g/mol. The van der Waals surface area contributed by atoms with Gasteiger partial charge in [-0.1, -0.05) is 31.2 Å². The van der Waals surface area contributed by atoms with Gasteiger partial charge in [0.05, 0.1) is 12.5 Å². The fraction of sp³-hybridized carbons (Fsp3) is 0.417. The highest BCUT2D eigenvalue weighted by molar-refractivity contribution is 5.88. The van der Waals surface area contributed by atoms with Crippen LogP contribution >= 0.6 is 0 Å². The maximum absolute atomic E-state index is 11.5. The second-order valence-corrected chi connectivity index (χ2v) is 3.59. The van der Waals surface area contributed by atoms with Crippen molar-refractivity contribution in [3.05, 3.63) is 35.4 Å². The molecule has 0 saturated carbocycles. The van der Waals surface area contributed by atoms with Crippen molar-refractivity contribution in [2.75, 3.05) is 13.2 Å². The predicted octanol–water partition coefficient (Wildman–Crippen LogP) is 1.93. The lowest BCUT2D eigenvalue weighted by atomic mass is 9.92. The van der Waals surface area contributed by atoms with Gasteiger partial charge in [-0.2, -0.15) is 0 Å². The Morgan fingerprint density at radius 3 is 2.86 bits per heavy atom. The summed E-state index contributed by atoms with van der Waals surface area (Å²) in [6.07, 6.45) is 0.972. The number of carbonyl (C=O) groups excluding carboxylic acids is 1. The van der Waals surface area contributed by atoms with Crippen LogP contribution in [0.15, 0.2) is 24.3 Å². The van der Waals surface area contributed by atoms with Crippen molar-refractivity contribution in [2.45, 2.75) is 19.3 Å². The van der Waals surface area contributed by atoms with Gasteiger partial charge in [-0.25, -0.2) is 0 Å². The lowest BCUT2D eigenvalue weighted by Gasteiger charge is -2.11. The second-order valence-electron chi connectivity index (χ2n) is 3.59. The molecule has 0 spiro atoms. The molecular weight excluding hydrogens is 176 g/mol. The Morgan fingerprint density at radius 1 is 1.43 bits per heavy atom. The second kappa shape index (κ2) is 3.93. The van der Waals surface area contributed by atoms with E-state index in [9.17, 15) is 4.79 Å². The van der Waals surface area contributed by atoms with E-state index in [2.05, 4.69) is 13.0 Å². The summed E-state index contributed by atoms with van der Waals surface area (Å²) in [6.45, 7) is 2.94. The van der Waals surface area contributed by atoms with E-state index in [0.29, 0.717) is 6.61 Å². The van der Waals surface area contributed by atoms with Crippen LogP contribution in [0.4, 0.5) is 0 Å². The van der Waals surface area contributed by atoms with E-state index in [1.54, 1.807) is 0 Å². The van der Waals surface area contributed by atoms with Gasteiger partial charge in [-0.3, -0.25) is 4.79 Å². The maximum atomic E-state index is 11.5. The van der Waals surface area contributed by atoms with E-state index in [4.69, 9.17) is 4.74 Å². The number of ketones is 1. The molecular formula is C12H14O2. The van der Waals surface area contributed by atoms with Gasteiger partial charge < -0.3 is 4.74 Å². The summed E-state index contributed by atoms with van der Waals surface area (Å²) < 4.78 is 5.17. The third kappa shape index (κ3) is 1.58. The monoisotopic (exact) mass is 190 g/mol. The van der Waals surface area contributed by atoms with Crippen LogP contribution in [0.1, 0.15) is 24.0 Å².